The maximum atomic E-state index is 12.8. The van der Waals surface area contributed by atoms with Gasteiger partial charge in [0, 0.05) is 19.3 Å². The molecule has 376 valence electrons. The van der Waals surface area contributed by atoms with Crippen LogP contribution in [0.2, 0.25) is 0 Å². The van der Waals surface area contributed by atoms with Crippen molar-refractivity contribution in [2.75, 3.05) is 41.0 Å². The first kappa shape index (κ1) is 61.8. The van der Waals surface area contributed by atoms with Crippen LogP contribution < -0.4 is 5.11 Å². The van der Waals surface area contributed by atoms with Crippen LogP contribution in [0.4, 0.5) is 0 Å². The second-order valence-corrected chi connectivity index (χ2v) is 19.8. The maximum absolute atomic E-state index is 12.8. The highest BCUT2D eigenvalue weighted by molar-refractivity contribution is 5.70. The van der Waals surface area contributed by atoms with E-state index in [1.165, 1.54) is 180 Å². The Morgan fingerprint density at radius 3 is 1.20 bits per heavy atom. The number of hydrogen-bond acceptors (Lipinski definition) is 7. The average Bonchev–Trinajstić information content (AvgIpc) is 3.26. The summed E-state index contributed by atoms with van der Waals surface area (Å²) < 4.78 is 17.3. The lowest BCUT2D eigenvalue weighted by Crippen LogP contribution is -2.55. The summed E-state index contributed by atoms with van der Waals surface area (Å²) in [6.45, 7) is 4.70. The number of carboxylic acids is 1. The Hall–Kier alpha value is -2.19. The van der Waals surface area contributed by atoms with Crippen molar-refractivity contribution in [3.8, 4) is 0 Å². The fraction of sp³-hybridized carbons (Fsp3) is 0.875. The van der Waals surface area contributed by atoms with Crippen LogP contribution in [0.3, 0.4) is 0 Å². The number of ether oxygens (including phenoxy) is 3. The van der Waals surface area contributed by atoms with Crippen LogP contribution in [0.15, 0.2) is 24.3 Å². The molecule has 0 aliphatic heterocycles. The second-order valence-electron chi connectivity index (χ2n) is 19.8. The lowest BCUT2D eigenvalue weighted by atomic mass is 10.0. The third kappa shape index (κ3) is 45.0. The highest BCUT2D eigenvalue weighted by Gasteiger charge is 2.25. The highest BCUT2D eigenvalue weighted by atomic mass is 16.6. The van der Waals surface area contributed by atoms with E-state index in [-0.39, 0.29) is 42.7 Å². The molecule has 0 bridgehead atoms. The summed E-state index contributed by atoms with van der Waals surface area (Å²) in [6.07, 6.45) is 55.0. The highest BCUT2D eigenvalue weighted by Crippen LogP contribution is 2.16. The van der Waals surface area contributed by atoms with Crippen LogP contribution in [0.25, 0.3) is 0 Å². The largest absolute Gasteiger partial charge is 0.544 e. The van der Waals surface area contributed by atoms with E-state index < -0.39 is 18.1 Å². The third-order valence-corrected chi connectivity index (χ3v) is 12.6. The van der Waals surface area contributed by atoms with Crippen molar-refractivity contribution in [3.05, 3.63) is 24.3 Å². The minimum Gasteiger partial charge on any atom is -0.544 e. The van der Waals surface area contributed by atoms with Gasteiger partial charge in [0.25, 0.3) is 0 Å². The molecule has 0 aliphatic rings. The number of unbranched alkanes of at least 4 members (excludes halogenated alkanes) is 32. The summed E-state index contributed by atoms with van der Waals surface area (Å²) in [5, 5.41) is 11.7. The second kappa shape index (κ2) is 47.3. The molecule has 8 nitrogen and oxygen atoms in total. The van der Waals surface area contributed by atoms with Crippen LogP contribution in [0, 0.1) is 0 Å². The van der Waals surface area contributed by atoms with Gasteiger partial charge >= 0.3 is 11.9 Å². The standard InChI is InChI=1S/C56H105NO7/c1-6-8-10-12-14-16-18-20-22-24-25-26-27-28-29-31-32-34-36-38-40-42-44-46-54(58)63-51-52(50-62-49-48-53(56(60)61)57(3,4)5)64-55(59)47-45-43-41-39-37-35-33-30-23-21-19-17-15-13-11-9-7-2/h25-26,28-29,52-53H,6-24,27,30-51H2,1-5H3/b26-25+,29-28+. The molecule has 2 unspecified atom stereocenters. The summed E-state index contributed by atoms with van der Waals surface area (Å²) in [4.78, 5) is 37.1. The molecule has 0 heterocycles. The molecule has 0 aromatic carbocycles. The topological polar surface area (TPSA) is 102 Å². The van der Waals surface area contributed by atoms with Crippen molar-refractivity contribution in [2.24, 2.45) is 0 Å². The summed E-state index contributed by atoms with van der Waals surface area (Å²) >= 11 is 0. The molecule has 0 aliphatic carbocycles. The van der Waals surface area contributed by atoms with Gasteiger partial charge in [0.15, 0.2) is 6.10 Å². The molecule has 64 heavy (non-hydrogen) atoms. The van der Waals surface area contributed by atoms with Gasteiger partial charge in [0.1, 0.15) is 12.6 Å². The Labute approximate surface area is 396 Å². The summed E-state index contributed by atoms with van der Waals surface area (Å²) in [7, 11) is 5.43. The quantitative estimate of drug-likeness (QED) is 0.0259. The van der Waals surface area contributed by atoms with Gasteiger partial charge < -0.3 is 28.6 Å². The summed E-state index contributed by atoms with van der Waals surface area (Å²) in [5.41, 5.74) is 0. The number of allylic oxidation sites excluding steroid dienone is 4. The lowest BCUT2D eigenvalue weighted by Gasteiger charge is -2.34. The van der Waals surface area contributed by atoms with E-state index in [0.717, 1.165) is 51.4 Å². The monoisotopic (exact) mass is 904 g/mol. The Kier molecular flexibility index (Phi) is 45.7. The van der Waals surface area contributed by atoms with Crippen LogP contribution in [0.5, 0.6) is 0 Å². The van der Waals surface area contributed by atoms with Gasteiger partial charge in [-0.25, -0.2) is 0 Å². The molecular formula is C56H105NO7. The van der Waals surface area contributed by atoms with Gasteiger partial charge in [-0.3, -0.25) is 9.59 Å². The molecule has 0 aromatic rings. The Balaban J connectivity index is 4.18. The van der Waals surface area contributed by atoms with Gasteiger partial charge in [-0.05, 0) is 44.9 Å². The fourth-order valence-corrected chi connectivity index (χ4v) is 8.34. The van der Waals surface area contributed by atoms with Crippen molar-refractivity contribution >= 4 is 17.9 Å². The molecule has 0 amide bonds. The smallest absolute Gasteiger partial charge is 0.306 e. The zero-order chi connectivity index (χ0) is 47.0. The van der Waals surface area contributed by atoms with Crippen molar-refractivity contribution in [3.63, 3.8) is 0 Å². The predicted octanol–water partition coefficient (Wildman–Crippen LogP) is 14.6. The SMILES string of the molecule is CCCCCCCCCCC/C=C/C/C=C/CCCCCCCCCC(=O)OCC(COCCC(C(=O)[O-])[N+](C)(C)C)OC(=O)CCCCCCCCCCCCCCCCCCC. The van der Waals surface area contributed by atoms with Crippen molar-refractivity contribution in [1.82, 2.24) is 0 Å². The molecule has 0 saturated heterocycles. The fourth-order valence-electron chi connectivity index (χ4n) is 8.34. The van der Waals surface area contributed by atoms with Crippen LogP contribution in [-0.4, -0.2) is 75.5 Å². The normalized spacial score (nSPS) is 13.0. The van der Waals surface area contributed by atoms with E-state index in [1.54, 1.807) is 0 Å². The number of nitrogens with zero attached hydrogens (tertiary/aromatic N) is 1. The van der Waals surface area contributed by atoms with Gasteiger partial charge in [0.05, 0.1) is 40.3 Å². The number of carbonyl (C=O) groups excluding carboxylic acids is 3. The van der Waals surface area contributed by atoms with E-state index in [9.17, 15) is 19.5 Å². The van der Waals surface area contributed by atoms with E-state index in [1.807, 2.05) is 21.1 Å². The summed E-state index contributed by atoms with van der Waals surface area (Å²) in [5.74, 6) is -1.72. The molecule has 0 aromatic heterocycles. The minimum absolute atomic E-state index is 0.0429. The molecule has 0 radical (unpaired) electrons. The molecule has 0 spiro atoms. The van der Waals surface area contributed by atoms with E-state index in [2.05, 4.69) is 38.2 Å². The number of carbonyl (C=O) groups is 3. The number of rotatable bonds is 50. The van der Waals surface area contributed by atoms with Crippen molar-refractivity contribution in [1.29, 1.82) is 0 Å². The Bertz CT molecular complexity index is 1100. The van der Waals surface area contributed by atoms with E-state index in [0.29, 0.717) is 12.8 Å². The third-order valence-electron chi connectivity index (χ3n) is 12.6. The predicted molar refractivity (Wildman–Crippen MR) is 268 cm³/mol. The minimum atomic E-state index is -1.12. The molecule has 0 N–H and O–H groups in total. The number of carboxylic acid groups (broad SMARTS) is 1. The molecule has 0 rings (SSSR count). The zero-order valence-corrected chi connectivity index (χ0v) is 43.0. The van der Waals surface area contributed by atoms with Crippen LogP contribution in [0.1, 0.15) is 264 Å². The Morgan fingerprint density at radius 2 is 0.828 bits per heavy atom. The number of hydrogen-bond donors (Lipinski definition) is 0. The van der Waals surface area contributed by atoms with Gasteiger partial charge in [0.2, 0.25) is 0 Å². The Morgan fingerprint density at radius 1 is 0.469 bits per heavy atom. The van der Waals surface area contributed by atoms with E-state index in [4.69, 9.17) is 14.2 Å². The van der Waals surface area contributed by atoms with E-state index >= 15 is 0 Å². The number of likely N-dealkylation sites (N-methyl/N-ethyl adjacent to an activating group) is 1. The number of aliphatic carboxylic acids is 1. The lowest BCUT2D eigenvalue weighted by molar-refractivity contribution is -0.889. The molecule has 0 saturated carbocycles. The van der Waals surface area contributed by atoms with Gasteiger partial charge in [-0.1, -0.05) is 224 Å². The molecule has 8 heteroatoms. The first-order chi connectivity index (χ1) is 31.1. The van der Waals surface area contributed by atoms with Crippen molar-refractivity contribution < 1.29 is 38.2 Å². The zero-order valence-electron chi connectivity index (χ0n) is 43.0. The maximum Gasteiger partial charge on any atom is 0.306 e. The van der Waals surface area contributed by atoms with Crippen LogP contribution in [-0.2, 0) is 28.6 Å². The van der Waals surface area contributed by atoms with Crippen molar-refractivity contribution in [2.45, 2.75) is 276 Å². The number of quaternary nitrogens is 1. The number of esters is 2. The van der Waals surface area contributed by atoms with Gasteiger partial charge in [-0.15, -0.1) is 0 Å². The molecule has 2 atom stereocenters. The first-order valence-corrected chi connectivity index (χ1v) is 27.4. The molecule has 0 fully saturated rings. The molecular weight excluding hydrogens is 799 g/mol. The average molecular weight is 904 g/mol. The first-order valence-electron chi connectivity index (χ1n) is 27.4. The van der Waals surface area contributed by atoms with Crippen LogP contribution >= 0.6 is 0 Å². The van der Waals surface area contributed by atoms with Gasteiger partial charge in [-0.2, -0.15) is 0 Å². The summed E-state index contributed by atoms with van der Waals surface area (Å²) in [6, 6.07) is -0.725.